The molecule has 0 heterocycles. The predicted molar refractivity (Wildman–Crippen MR) is 84.1 cm³/mol. The first-order valence-corrected chi connectivity index (χ1v) is 6.70. The standard InChI is InChI=1S/C14H17N3O6/c1-5-15(7-8(2)3)13-11(16(20)21)6-10(14(18)19)9(4)12(13)17(22)23/h6H,2,5,7H2,1,3-4H3,(H,18,19). The van der Waals surface area contributed by atoms with Gasteiger partial charge in [0.05, 0.1) is 15.4 Å². The molecule has 1 aromatic carbocycles. The fourth-order valence-corrected chi connectivity index (χ4v) is 2.31. The number of benzene rings is 1. The number of carboxylic acid groups (broad SMARTS) is 1. The molecular formula is C14H17N3O6. The Labute approximate surface area is 132 Å². The van der Waals surface area contributed by atoms with Crippen LogP contribution in [0.2, 0.25) is 0 Å². The van der Waals surface area contributed by atoms with Gasteiger partial charge >= 0.3 is 17.3 Å². The van der Waals surface area contributed by atoms with Gasteiger partial charge in [0.15, 0.2) is 5.69 Å². The van der Waals surface area contributed by atoms with Crippen LogP contribution >= 0.6 is 0 Å². The zero-order valence-electron chi connectivity index (χ0n) is 13.0. The van der Waals surface area contributed by atoms with Crippen LogP contribution in [0.25, 0.3) is 0 Å². The summed E-state index contributed by atoms with van der Waals surface area (Å²) in [5.74, 6) is -1.46. The molecule has 1 N–H and O–H groups in total. The molecule has 1 aromatic rings. The number of nitro benzene ring substituents is 2. The number of likely N-dealkylation sites (N-methyl/N-ethyl adjacent to an activating group) is 1. The molecule has 9 nitrogen and oxygen atoms in total. The maximum Gasteiger partial charge on any atom is 0.336 e. The van der Waals surface area contributed by atoms with Crippen LogP contribution in [0.3, 0.4) is 0 Å². The molecule has 0 radical (unpaired) electrons. The Hall–Kier alpha value is -2.97. The van der Waals surface area contributed by atoms with Crippen LogP contribution < -0.4 is 4.90 Å². The van der Waals surface area contributed by atoms with E-state index in [1.165, 1.54) is 11.8 Å². The van der Waals surface area contributed by atoms with E-state index in [0.717, 1.165) is 6.07 Å². The Balaban J connectivity index is 3.87. The van der Waals surface area contributed by atoms with Crippen LogP contribution in [0, 0.1) is 27.2 Å². The lowest BCUT2D eigenvalue weighted by molar-refractivity contribution is -0.393. The van der Waals surface area contributed by atoms with Gasteiger partial charge in [0.1, 0.15) is 0 Å². The first-order chi connectivity index (χ1) is 10.6. The maximum absolute atomic E-state index is 11.4. The van der Waals surface area contributed by atoms with Gasteiger partial charge in [0, 0.05) is 24.7 Å². The third kappa shape index (κ3) is 3.62. The van der Waals surface area contributed by atoms with Gasteiger partial charge in [-0.15, -0.1) is 0 Å². The molecule has 0 aliphatic carbocycles. The van der Waals surface area contributed by atoms with Crippen LogP contribution in [0.1, 0.15) is 29.8 Å². The van der Waals surface area contributed by atoms with Crippen molar-refractivity contribution in [1.82, 2.24) is 0 Å². The molecule has 0 fully saturated rings. The zero-order valence-corrected chi connectivity index (χ0v) is 13.0. The van der Waals surface area contributed by atoms with Crippen molar-refractivity contribution in [2.75, 3.05) is 18.0 Å². The first kappa shape index (κ1) is 18.1. The highest BCUT2D eigenvalue weighted by molar-refractivity contribution is 5.95. The Morgan fingerprint density at radius 1 is 1.35 bits per heavy atom. The lowest BCUT2D eigenvalue weighted by Gasteiger charge is -2.23. The van der Waals surface area contributed by atoms with E-state index in [4.69, 9.17) is 5.11 Å². The molecule has 0 spiro atoms. The van der Waals surface area contributed by atoms with Crippen molar-refractivity contribution in [1.29, 1.82) is 0 Å². The first-order valence-electron chi connectivity index (χ1n) is 6.70. The zero-order chi connectivity index (χ0) is 17.9. The Kier molecular flexibility index (Phi) is 5.39. The fraction of sp³-hybridized carbons (Fsp3) is 0.357. The fourth-order valence-electron chi connectivity index (χ4n) is 2.31. The molecule has 0 atom stereocenters. The summed E-state index contributed by atoms with van der Waals surface area (Å²) in [5, 5.41) is 31.9. The van der Waals surface area contributed by atoms with Gasteiger partial charge in [-0.1, -0.05) is 12.2 Å². The van der Waals surface area contributed by atoms with Crippen molar-refractivity contribution in [2.45, 2.75) is 20.8 Å². The third-order valence-corrected chi connectivity index (χ3v) is 3.28. The minimum absolute atomic E-state index is 0.122. The number of nitrogens with zero attached hydrogens (tertiary/aromatic N) is 3. The average Bonchev–Trinajstić information content (AvgIpc) is 2.42. The predicted octanol–water partition coefficient (Wildman–Crippen LogP) is 2.91. The van der Waals surface area contributed by atoms with E-state index in [1.807, 2.05) is 0 Å². The summed E-state index contributed by atoms with van der Waals surface area (Å²) >= 11 is 0. The summed E-state index contributed by atoms with van der Waals surface area (Å²) in [5.41, 5.74) is -1.30. The van der Waals surface area contributed by atoms with E-state index in [9.17, 15) is 25.0 Å². The number of carbonyl (C=O) groups is 1. The molecule has 0 saturated heterocycles. The van der Waals surface area contributed by atoms with Crippen LogP contribution in [-0.4, -0.2) is 34.0 Å². The summed E-state index contributed by atoms with van der Waals surface area (Å²) < 4.78 is 0. The number of rotatable bonds is 7. The Morgan fingerprint density at radius 3 is 2.26 bits per heavy atom. The average molecular weight is 323 g/mol. The maximum atomic E-state index is 11.4. The monoisotopic (exact) mass is 323 g/mol. The Morgan fingerprint density at radius 2 is 1.91 bits per heavy atom. The van der Waals surface area contributed by atoms with Gasteiger partial charge in [-0.25, -0.2) is 4.79 Å². The van der Waals surface area contributed by atoms with Crippen molar-refractivity contribution in [2.24, 2.45) is 0 Å². The summed E-state index contributed by atoms with van der Waals surface area (Å²) in [4.78, 5) is 33.8. The summed E-state index contributed by atoms with van der Waals surface area (Å²) in [6.45, 7) is 8.81. The molecule has 0 unspecified atom stereocenters. The van der Waals surface area contributed by atoms with Crippen LogP contribution in [-0.2, 0) is 0 Å². The molecule has 0 aliphatic heterocycles. The molecule has 0 aromatic heterocycles. The number of nitro groups is 2. The minimum atomic E-state index is -1.46. The van der Waals surface area contributed by atoms with Crippen molar-refractivity contribution >= 4 is 23.0 Å². The molecular weight excluding hydrogens is 306 g/mol. The topological polar surface area (TPSA) is 127 Å². The number of anilines is 1. The molecule has 9 heteroatoms. The Bertz CT molecular complexity index is 698. The van der Waals surface area contributed by atoms with Crippen molar-refractivity contribution < 1.29 is 19.7 Å². The number of hydrogen-bond acceptors (Lipinski definition) is 6. The van der Waals surface area contributed by atoms with Crippen LogP contribution in [0.4, 0.5) is 17.1 Å². The number of hydrogen-bond donors (Lipinski definition) is 1. The SMILES string of the molecule is C=C(C)CN(CC)c1c([N+](=O)[O-])cc(C(=O)O)c(C)c1[N+](=O)[O-]. The second-order valence-electron chi connectivity index (χ2n) is 5.06. The summed E-state index contributed by atoms with van der Waals surface area (Å²) in [7, 11) is 0. The minimum Gasteiger partial charge on any atom is -0.478 e. The number of carboxylic acids is 1. The van der Waals surface area contributed by atoms with Crippen molar-refractivity contribution in [3.8, 4) is 0 Å². The van der Waals surface area contributed by atoms with Crippen LogP contribution in [0.5, 0.6) is 0 Å². The van der Waals surface area contributed by atoms with Gasteiger partial charge < -0.3 is 10.0 Å². The second kappa shape index (κ2) is 6.86. The van der Waals surface area contributed by atoms with E-state index in [0.29, 0.717) is 5.57 Å². The molecule has 124 valence electrons. The van der Waals surface area contributed by atoms with Crippen molar-refractivity contribution in [3.63, 3.8) is 0 Å². The molecule has 0 saturated carbocycles. The molecule has 23 heavy (non-hydrogen) atoms. The summed E-state index contributed by atoms with van der Waals surface area (Å²) in [6.07, 6.45) is 0. The number of aromatic carboxylic acids is 1. The smallest absolute Gasteiger partial charge is 0.336 e. The largest absolute Gasteiger partial charge is 0.478 e. The lowest BCUT2D eigenvalue weighted by atomic mass is 10.0. The van der Waals surface area contributed by atoms with Gasteiger partial charge in [-0.2, -0.15) is 0 Å². The van der Waals surface area contributed by atoms with Gasteiger partial charge in [-0.05, 0) is 20.8 Å². The highest BCUT2D eigenvalue weighted by Crippen LogP contribution is 2.42. The molecule has 1 rings (SSSR count). The van der Waals surface area contributed by atoms with Gasteiger partial charge in [-0.3, -0.25) is 20.2 Å². The van der Waals surface area contributed by atoms with Crippen molar-refractivity contribution in [3.05, 3.63) is 49.6 Å². The normalized spacial score (nSPS) is 10.2. The van der Waals surface area contributed by atoms with E-state index in [2.05, 4.69) is 6.58 Å². The van der Waals surface area contributed by atoms with E-state index < -0.39 is 32.8 Å². The molecule has 0 amide bonds. The lowest BCUT2D eigenvalue weighted by Crippen LogP contribution is -2.27. The summed E-state index contributed by atoms with van der Waals surface area (Å²) in [6, 6.07) is 0.862. The molecule has 0 aliphatic rings. The van der Waals surface area contributed by atoms with E-state index in [1.54, 1.807) is 13.8 Å². The van der Waals surface area contributed by atoms with Gasteiger partial charge in [0.2, 0.25) is 0 Å². The quantitative estimate of drug-likeness (QED) is 0.464. The second-order valence-corrected chi connectivity index (χ2v) is 5.06. The van der Waals surface area contributed by atoms with Gasteiger partial charge in [0.25, 0.3) is 0 Å². The third-order valence-electron chi connectivity index (χ3n) is 3.28. The molecule has 0 bridgehead atoms. The highest BCUT2D eigenvalue weighted by atomic mass is 16.6. The van der Waals surface area contributed by atoms with Crippen LogP contribution in [0.15, 0.2) is 18.2 Å². The van der Waals surface area contributed by atoms with E-state index in [-0.39, 0.29) is 24.3 Å². The van der Waals surface area contributed by atoms with E-state index >= 15 is 0 Å². The highest BCUT2D eigenvalue weighted by Gasteiger charge is 2.35.